The van der Waals surface area contributed by atoms with Crippen LogP contribution in [0.5, 0.6) is 11.5 Å². The van der Waals surface area contributed by atoms with E-state index < -0.39 is 0 Å². The van der Waals surface area contributed by atoms with E-state index in [4.69, 9.17) is 4.74 Å². The summed E-state index contributed by atoms with van der Waals surface area (Å²) in [5, 5.41) is 1.09. The van der Waals surface area contributed by atoms with E-state index in [9.17, 15) is 0 Å². The number of para-hydroxylation sites is 2. The van der Waals surface area contributed by atoms with Gasteiger partial charge in [0.05, 0.1) is 27.9 Å². The van der Waals surface area contributed by atoms with Gasteiger partial charge in [-0.3, -0.25) is 3.59 Å². The van der Waals surface area contributed by atoms with Gasteiger partial charge in [-0.2, -0.15) is 0 Å². The van der Waals surface area contributed by atoms with Gasteiger partial charge in [-0.05, 0) is 24.3 Å². The Kier molecular flexibility index (Phi) is 2.61. The van der Waals surface area contributed by atoms with Gasteiger partial charge in [-0.25, -0.2) is 0 Å². The summed E-state index contributed by atoms with van der Waals surface area (Å²) >= 11 is 3.47. The van der Waals surface area contributed by atoms with E-state index in [-0.39, 0.29) is 0 Å². The highest BCUT2D eigenvalue weighted by molar-refractivity contribution is 9.08. The van der Waals surface area contributed by atoms with Crippen molar-refractivity contribution >= 4 is 27.1 Å². The summed E-state index contributed by atoms with van der Waals surface area (Å²) in [7, 11) is 0. The van der Waals surface area contributed by atoms with Crippen LogP contribution in [0.3, 0.4) is 0 Å². The maximum Gasteiger partial charge on any atom is 0.153 e. The summed E-state index contributed by atoms with van der Waals surface area (Å²) in [6.45, 7) is 0. The van der Waals surface area contributed by atoms with Crippen molar-refractivity contribution in [1.82, 2.24) is 3.59 Å². The number of ether oxygens (including phenoxy) is 1. The minimum Gasteiger partial charge on any atom is -0.455 e. The first kappa shape index (κ1) is 10.4. The number of nitrogens with zero attached hydrogens (tertiary/aromatic N) is 1. The van der Waals surface area contributed by atoms with Crippen LogP contribution in [0.4, 0.5) is 0 Å². The molecule has 0 atom stereocenters. The smallest absolute Gasteiger partial charge is 0.153 e. The highest BCUT2D eigenvalue weighted by Gasteiger charge is 2.08. The normalized spacial score (nSPS) is 10.6. The summed E-state index contributed by atoms with van der Waals surface area (Å²) in [5.74, 6) is 1.69. The first-order valence-corrected chi connectivity index (χ1v) is 6.05. The number of hydrogen-bond acceptors (Lipinski definition) is 1. The van der Waals surface area contributed by atoms with Crippen LogP contribution in [0.15, 0.2) is 60.8 Å². The Hall–Kier alpha value is -1.74. The van der Waals surface area contributed by atoms with Gasteiger partial charge in [0.15, 0.2) is 5.75 Å². The van der Waals surface area contributed by atoms with E-state index >= 15 is 0 Å². The van der Waals surface area contributed by atoms with Gasteiger partial charge in [-0.1, -0.05) is 30.3 Å². The third-order valence-corrected chi connectivity index (χ3v) is 3.19. The predicted molar refractivity (Wildman–Crippen MR) is 72.8 cm³/mol. The summed E-state index contributed by atoms with van der Waals surface area (Å²) in [6, 6.07) is 17.9. The van der Waals surface area contributed by atoms with Crippen LogP contribution in [0.25, 0.3) is 10.9 Å². The van der Waals surface area contributed by atoms with Gasteiger partial charge in [0.25, 0.3) is 0 Å². The average Bonchev–Trinajstić information content (AvgIpc) is 2.69. The number of benzene rings is 2. The van der Waals surface area contributed by atoms with Gasteiger partial charge >= 0.3 is 0 Å². The van der Waals surface area contributed by atoms with Crippen molar-refractivity contribution in [3.8, 4) is 11.5 Å². The Labute approximate surface area is 108 Å². The van der Waals surface area contributed by atoms with E-state index in [0.29, 0.717) is 0 Å². The molecule has 0 saturated carbocycles. The van der Waals surface area contributed by atoms with Crippen molar-refractivity contribution in [3.05, 3.63) is 60.8 Å². The summed E-state index contributed by atoms with van der Waals surface area (Å²) in [4.78, 5) is 0. The maximum absolute atomic E-state index is 5.86. The fourth-order valence-electron chi connectivity index (χ4n) is 1.81. The zero-order valence-electron chi connectivity index (χ0n) is 9.01. The minimum atomic E-state index is 0.844. The number of aromatic nitrogens is 1. The number of hydrogen-bond donors (Lipinski definition) is 0. The largest absolute Gasteiger partial charge is 0.455 e. The van der Waals surface area contributed by atoms with Crippen LogP contribution in [0.2, 0.25) is 0 Å². The second kappa shape index (κ2) is 4.26. The molecule has 1 heterocycles. The molecule has 1 aromatic heterocycles. The molecule has 0 aliphatic rings. The molecule has 0 fully saturated rings. The van der Waals surface area contributed by atoms with E-state index in [1.165, 1.54) is 0 Å². The van der Waals surface area contributed by atoms with Crippen LogP contribution in [0.1, 0.15) is 0 Å². The highest BCUT2D eigenvalue weighted by atomic mass is 79.9. The van der Waals surface area contributed by atoms with Crippen molar-refractivity contribution < 1.29 is 4.74 Å². The molecular weight excluding hydrogens is 278 g/mol. The predicted octanol–water partition coefficient (Wildman–Crippen LogP) is 4.59. The molecule has 0 unspecified atom stereocenters. The highest BCUT2D eigenvalue weighted by Crippen LogP contribution is 2.32. The molecule has 2 aromatic carbocycles. The lowest BCUT2D eigenvalue weighted by Crippen LogP contribution is -1.81. The second-order valence-electron chi connectivity index (χ2n) is 3.74. The first-order chi connectivity index (χ1) is 8.34. The molecule has 3 aromatic rings. The van der Waals surface area contributed by atoms with Crippen LogP contribution in [0, 0.1) is 0 Å². The maximum atomic E-state index is 5.86. The topological polar surface area (TPSA) is 14.2 Å². The molecule has 0 bridgehead atoms. The standard InChI is InChI=1S/C14H10BrNO/c15-16-10-14(12-8-4-5-9-13(12)16)17-11-6-2-1-3-7-11/h1-10H. The molecule has 0 aliphatic carbocycles. The van der Waals surface area contributed by atoms with E-state index in [1.54, 1.807) is 0 Å². The molecular formula is C14H10BrNO. The molecule has 3 rings (SSSR count). The number of fused-ring (bicyclic) bond motifs is 1. The third-order valence-electron chi connectivity index (χ3n) is 2.60. The number of rotatable bonds is 2. The number of halogens is 1. The van der Waals surface area contributed by atoms with Crippen LogP contribution in [-0.2, 0) is 0 Å². The summed E-state index contributed by atoms with van der Waals surface area (Å²) in [5.41, 5.74) is 1.10. The molecule has 2 nitrogen and oxygen atoms in total. The zero-order valence-corrected chi connectivity index (χ0v) is 10.6. The molecule has 0 N–H and O–H groups in total. The summed E-state index contributed by atoms with van der Waals surface area (Å²) in [6.07, 6.45) is 1.93. The van der Waals surface area contributed by atoms with E-state index in [2.05, 4.69) is 16.1 Å². The second-order valence-corrected chi connectivity index (χ2v) is 4.50. The van der Waals surface area contributed by atoms with Crippen LogP contribution in [-0.4, -0.2) is 3.59 Å². The quantitative estimate of drug-likeness (QED) is 0.672. The Morgan fingerprint density at radius 3 is 2.41 bits per heavy atom. The van der Waals surface area contributed by atoms with Crippen molar-refractivity contribution in [1.29, 1.82) is 0 Å². The fourth-order valence-corrected chi connectivity index (χ4v) is 2.30. The molecule has 0 aliphatic heterocycles. The van der Waals surface area contributed by atoms with Crippen LogP contribution < -0.4 is 4.74 Å². The average molecular weight is 288 g/mol. The molecule has 3 heteroatoms. The molecule has 0 saturated heterocycles. The van der Waals surface area contributed by atoms with Gasteiger partial charge in [0, 0.05) is 5.39 Å². The lowest BCUT2D eigenvalue weighted by molar-refractivity contribution is 0.488. The van der Waals surface area contributed by atoms with Crippen molar-refractivity contribution in [2.24, 2.45) is 0 Å². The first-order valence-electron chi connectivity index (χ1n) is 5.34. The van der Waals surface area contributed by atoms with Gasteiger partial charge in [0.2, 0.25) is 0 Å². The SMILES string of the molecule is Brn1cc(Oc2ccccc2)c2ccccc21. The van der Waals surface area contributed by atoms with Crippen molar-refractivity contribution in [3.63, 3.8) is 0 Å². The van der Waals surface area contributed by atoms with E-state index in [1.807, 2.05) is 64.4 Å². The fraction of sp³-hybridized carbons (Fsp3) is 0. The van der Waals surface area contributed by atoms with Gasteiger partial charge in [-0.15, -0.1) is 0 Å². The third kappa shape index (κ3) is 1.94. The minimum absolute atomic E-state index is 0.844. The van der Waals surface area contributed by atoms with Gasteiger partial charge < -0.3 is 4.74 Å². The molecule has 0 amide bonds. The van der Waals surface area contributed by atoms with E-state index in [0.717, 1.165) is 22.4 Å². The Balaban J connectivity index is 2.07. The molecule has 17 heavy (non-hydrogen) atoms. The van der Waals surface area contributed by atoms with Crippen molar-refractivity contribution in [2.75, 3.05) is 0 Å². The zero-order chi connectivity index (χ0) is 11.7. The Bertz CT molecular complexity index is 646. The lowest BCUT2D eigenvalue weighted by Gasteiger charge is -2.02. The monoisotopic (exact) mass is 287 g/mol. The van der Waals surface area contributed by atoms with Gasteiger partial charge in [0.1, 0.15) is 5.75 Å². The van der Waals surface area contributed by atoms with Crippen LogP contribution >= 0.6 is 16.1 Å². The van der Waals surface area contributed by atoms with Crippen molar-refractivity contribution in [2.45, 2.75) is 0 Å². The summed E-state index contributed by atoms with van der Waals surface area (Å²) < 4.78 is 7.75. The molecule has 0 spiro atoms. The molecule has 84 valence electrons. The Morgan fingerprint density at radius 1 is 0.882 bits per heavy atom. The lowest BCUT2D eigenvalue weighted by atomic mass is 10.2. The Morgan fingerprint density at radius 2 is 1.59 bits per heavy atom. The molecule has 0 radical (unpaired) electrons.